The fourth-order valence-electron chi connectivity index (χ4n) is 5.96. The van der Waals surface area contributed by atoms with Gasteiger partial charge in [0.2, 0.25) is 0 Å². The van der Waals surface area contributed by atoms with Crippen LogP contribution in [0.5, 0.6) is 0 Å². The van der Waals surface area contributed by atoms with E-state index in [1.807, 2.05) is 24.3 Å². The largest absolute Gasteiger partial charge is 0.322 e. The Morgan fingerprint density at radius 3 is 3.00 bits per heavy atom. The van der Waals surface area contributed by atoms with Gasteiger partial charge in [-0.1, -0.05) is 35.7 Å². The zero-order chi connectivity index (χ0) is 18.4. The molecule has 3 saturated heterocycles. The van der Waals surface area contributed by atoms with E-state index < -0.39 is 0 Å². The van der Waals surface area contributed by atoms with E-state index in [0.717, 1.165) is 37.7 Å². The zero-order valence-corrected chi connectivity index (χ0v) is 16.5. The molecule has 5 heteroatoms. The topological polar surface area (TPSA) is 35.6 Å². The summed E-state index contributed by atoms with van der Waals surface area (Å²) < 4.78 is 0. The number of nitrogens with zero attached hydrogens (tertiary/aromatic N) is 2. The normalized spacial score (nSPS) is 32.9. The van der Waals surface area contributed by atoms with Crippen LogP contribution in [0.4, 0.5) is 10.5 Å². The van der Waals surface area contributed by atoms with Gasteiger partial charge in [-0.25, -0.2) is 4.79 Å². The minimum absolute atomic E-state index is 0.0204. The van der Waals surface area contributed by atoms with Crippen LogP contribution in [0.25, 0.3) is 0 Å². The lowest BCUT2D eigenvalue weighted by Gasteiger charge is -2.54. The Bertz CT molecular complexity index is 764. The molecule has 4 unspecified atom stereocenters. The first kappa shape index (κ1) is 17.6. The van der Waals surface area contributed by atoms with E-state index >= 15 is 0 Å². The van der Waals surface area contributed by atoms with Crippen LogP contribution in [0, 0.1) is 11.8 Å². The van der Waals surface area contributed by atoms with Crippen LogP contribution < -0.4 is 5.32 Å². The molecular weight excluding hydrogens is 358 g/mol. The van der Waals surface area contributed by atoms with Crippen molar-refractivity contribution in [3.63, 3.8) is 0 Å². The van der Waals surface area contributed by atoms with Crippen LogP contribution in [0.2, 0.25) is 5.02 Å². The average molecular weight is 386 g/mol. The van der Waals surface area contributed by atoms with Crippen molar-refractivity contribution in [1.29, 1.82) is 0 Å². The quantitative estimate of drug-likeness (QED) is 0.707. The van der Waals surface area contributed by atoms with E-state index in [0.29, 0.717) is 16.9 Å². The van der Waals surface area contributed by atoms with Crippen LogP contribution in [-0.4, -0.2) is 47.5 Å². The minimum atomic E-state index is 0.0204. The number of rotatable bonds is 1. The Hall–Kier alpha value is -1.52. The van der Waals surface area contributed by atoms with E-state index in [9.17, 15) is 4.79 Å². The Kier molecular flexibility index (Phi) is 4.65. The molecule has 1 N–H and O–H groups in total. The second-order valence-electron chi connectivity index (χ2n) is 8.64. The van der Waals surface area contributed by atoms with Crippen molar-refractivity contribution < 1.29 is 4.79 Å². The first-order valence-electron chi connectivity index (χ1n) is 10.5. The summed E-state index contributed by atoms with van der Waals surface area (Å²) in [6.45, 7) is 3.24. The standard InChI is InChI=1S/C22H28ClN3O/c23-18-6-3-7-19(13-18)24-22(27)26-10-4-5-15-11-16-12-17(21(15)26)14-25-9-2-1-8-20(16)25/h3,6-7,11,13,16-17,20-21H,1-2,4-5,8-10,12,14H2,(H,24,27). The van der Waals surface area contributed by atoms with Crippen molar-refractivity contribution in [3.05, 3.63) is 40.9 Å². The highest BCUT2D eigenvalue weighted by molar-refractivity contribution is 6.30. The maximum absolute atomic E-state index is 13.1. The number of hydrogen-bond donors (Lipinski definition) is 1. The molecule has 2 amide bonds. The number of piperidine rings is 3. The first-order valence-corrected chi connectivity index (χ1v) is 10.8. The lowest BCUT2D eigenvalue weighted by Crippen LogP contribution is -2.60. The van der Waals surface area contributed by atoms with Crippen LogP contribution in [0.3, 0.4) is 0 Å². The summed E-state index contributed by atoms with van der Waals surface area (Å²) in [5, 5.41) is 3.73. The molecule has 0 radical (unpaired) electrons. The molecule has 0 spiro atoms. The lowest BCUT2D eigenvalue weighted by molar-refractivity contribution is 0.00908. The van der Waals surface area contributed by atoms with Gasteiger partial charge in [-0.2, -0.15) is 0 Å². The van der Waals surface area contributed by atoms with Crippen LogP contribution >= 0.6 is 11.6 Å². The summed E-state index contributed by atoms with van der Waals surface area (Å²) in [5.74, 6) is 1.28. The molecule has 0 saturated carbocycles. The summed E-state index contributed by atoms with van der Waals surface area (Å²) in [6, 6.07) is 8.47. The molecule has 144 valence electrons. The molecule has 4 atom stereocenters. The second kappa shape index (κ2) is 7.14. The van der Waals surface area contributed by atoms with E-state index in [-0.39, 0.29) is 12.1 Å². The average Bonchev–Trinajstić information content (AvgIpc) is 2.67. The minimum Gasteiger partial charge on any atom is -0.317 e. The second-order valence-corrected chi connectivity index (χ2v) is 9.08. The monoisotopic (exact) mass is 385 g/mol. The molecule has 4 aliphatic rings. The Morgan fingerprint density at radius 2 is 2.11 bits per heavy atom. The van der Waals surface area contributed by atoms with Crippen molar-refractivity contribution in [2.45, 2.75) is 50.6 Å². The third-order valence-electron chi connectivity index (χ3n) is 6.99. The first-order chi connectivity index (χ1) is 13.2. The summed E-state index contributed by atoms with van der Waals surface area (Å²) in [5.41, 5.74) is 2.30. The number of anilines is 1. The third-order valence-corrected chi connectivity index (χ3v) is 7.23. The SMILES string of the molecule is O=C(Nc1cccc(Cl)c1)N1CCCC2=CC3CC(CN4CCCCC34)C21. The van der Waals surface area contributed by atoms with Gasteiger partial charge in [0.05, 0.1) is 6.04 Å². The smallest absolute Gasteiger partial charge is 0.317 e. The number of carbonyl (C=O) groups excluding carboxylic acids is 1. The van der Waals surface area contributed by atoms with E-state index in [2.05, 4.69) is 21.2 Å². The van der Waals surface area contributed by atoms with Crippen LogP contribution in [-0.2, 0) is 0 Å². The summed E-state index contributed by atoms with van der Waals surface area (Å²) in [7, 11) is 0. The van der Waals surface area contributed by atoms with Gasteiger partial charge in [0, 0.05) is 29.8 Å². The molecule has 5 rings (SSSR count). The van der Waals surface area contributed by atoms with Crippen molar-refractivity contribution in [2.24, 2.45) is 11.8 Å². The number of amides is 2. The molecule has 27 heavy (non-hydrogen) atoms. The third kappa shape index (κ3) is 3.27. The van der Waals surface area contributed by atoms with Gasteiger partial charge in [-0.3, -0.25) is 4.90 Å². The fraction of sp³-hybridized carbons (Fsp3) is 0.591. The highest BCUT2D eigenvalue weighted by Crippen LogP contribution is 2.45. The molecule has 4 nitrogen and oxygen atoms in total. The maximum Gasteiger partial charge on any atom is 0.322 e. The Balaban J connectivity index is 1.39. The summed E-state index contributed by atoms with van der Waals surface area (Å²) in [4.78, 5) is 17.9. The highest BCUT2D eigenvalue weighted by Gasteiger charge is 2.46. The molecule has 1 aromatic rings. The maximum atomic E-state index is 13.1. The summed E-state index contributed by atoms with van der Waals surface area (Å²) in [6.07, 6.45) is 10.1. The number of halogens is 1. The van der Waals surface area contributed by atoms with Crippen LogP contribution in [0.15, 0.2) is 35.9 Å². The van der Waals surface area contributed by atoms with Gasteiger partial charge in [0.25, 0.3) is 0 Å². The van der Waals surface area contributed by atoms with E-state index in [1.165, 1.54) is 37.8 Å². The zero-order valence-electron chi connectivity index (χ0n) is 15.7. The van der Waals surface area contributed by atoms with E-state index in [1.54, 1.807) is 0 Å². The van der Waals surface area contributed by atoms with Crippen LogP contribution in [0.1, 0.15) is 38.5 Å². The van der Waals surface area contributed by atoms with Crippen molar-refractivity contribution in [2.75, 3.05) is 25.0 Å². The fourth-order valence-corrected chi connectivity index (χ4v) is 6.15. The van der Waals surface area contributed by atoms with Gasteiger partial charge in [-0.15, -0.1) is 0 Å². The molecule has 3 heterocycles. The number of carbonyl (C=O) groups is 1. The highest BCUT2D eigenvalue weighted by atomic mass is 35.5. The molecule has 2 bridgehead atoms. The number of hydrogen-bond acceptors (Lipinski definition) is 2. The number of urea groups is 1. The van der Waals surface area contributed by atoms with Crippen molar-refractivity contribution >= 4 is 23.3 Å². The van der Waals surface area contributed by atoms with E-state index in [4.69, 9.17) is 11.6 Å². The van der Waals surface area contributed by atoms with Crippen molar-refractivity contribution in [3.8, 4) is 0 Å². The molecule has 1 aromatic carbocycles. The number of likely N-dealkylation sites (tertiary alicyclic amines) is 1. The number of fused-ring (bicyclic) bond motifs is 6. The van der Waals surface area contributed by atoms with Gasteiger partial charge in [-0.05, 0) is 68.7 Å². The van der Waals surface area contributed by atoms with Gasteiger partial charge in [0.1, 0.15) is 0 Å². The molecule has 3 fully saturated rings. The Morgan fingerprint density at radius 1 is 1.19 bits per heavy atom. The van der Waals surface area contributed by atoms with Gasteiger partial charge in [0.15, 0.2) is 0 Å². The van der Waals surface area contributed by atoms with Gasteiger partial charge >= 0.3 is 6.03 Å². The Labute approximate surface area is 166 Å². The van der Waals surface area contributed by atoms with Crippen molar-refractivity contribution in [1.82, 2.24) is 9.80 Å². The molecule has 3 aliphatic heterocycles. The molecule has 0 aromatic heterocycles. The lowest BCUT2D eigenvalue weighted by atomic mass is 9.68. The summed E-state index contributed by atoms with van der Waals surface area (Å²) >= 11 is 6.08. The molecule has 1 aliphatic carbocycles. The predicted molar refractivity (Wildman–Crippen MR) is 109 cm³/mol. The predicted octanol–water partition coefficient (Wildman–Crippen LogP) is 4.77. The molecular formula is C22H28ClN3O. The number of nitrogens with one attached hydrogen (secondary N) is 1. The van der Waals surface area contributed by atoms with Gasteiger partial charge < -0.3 is 10.2 Å². The number of benzene rings is 1.